The van der Waals surface area contributed by atoms with Gasteiger partial charge < -0.3 is 15.7 Å². The van der Waals surface area contributed by atoms with E-state index in [1.54, 1.807) is 0 Å². The standard InChI is InChI=1S/C10H18N2O4/c1-4-5-10(3,9(15)16)12-8(14)6-11-7(2)13/h4-6H2,1-3H3,(H,11,13)(H,12,14)(H,15,16). The van der Waals surface area contributed by atoms with E-state index in [1.165, 1.54) is 13.8 Å². The number of amides is 2. The van der Waals surface area contributed by atoms with Gasteiger partial charge in [0, 0.05) is 6.92 Å². The smallest absolute Gasteiger partial charge is 0.329 e. The number of hydrogen-bond acceptors (Lipinski definition) is 3. The van der Waals surface area contributed by atoms with Crippen molar-refractivity contribution in [2.45, 2.75) is 39.2 Å². The van der Waals surface area contributed by atoms with Crippen LogP contribution in [0.2, 0.25) is 0 Å². The molecule has 0 aliphatic carbocycles. The van der Waals surface area contributed by atoms with Crippen LogP contribution in [-0.4, -0.2) is 35.0 Å². The van der Waals surface area contributed by atoms with E-state index < -0.39 is 17.4 Å². The molecule has 0 rings (SSSR count). The predicted molar refractivity (Wildman–Crippen MR) is 57.8 cm³/mol. The van der Waals surface area contributed by atoms with Crippen LogP contribution in [0, 0.1) is 0 Å². The minimum Gasteiger partial charge on any atom is -0.480 e. The monoisotopic (exact) mass is 230 g/mol. The zero-order valence-electron chi connectivity index (χ0n) is 9.79. The minimum absolute atomic E-state index is 0.206. The summed E-state index contributed by atoms with van der Waals surface area (Å²) in [4.78, 5) is 32.9. The van der Waals surface area contributed by atoms with Crippen molar-refractivity contribution in [2.24, 2.45) is 0 Å². The molecule has 3 N–H and O–H groups in total. The van der Waals surface area contributed by atoms with Crippen molar-refractivity contribution in [3.8, 4) is 0 Å². The van der Waals surface area contributed by atoms with Gasteiger partial charge in [-0.15, -0.1) is 0 Å². The first-order valence-corrected chi connectivity index (χ1v) is 5.10. The van der Waals surface area contributed by atoms with E-state index >= 15 is 0 Å². The third kappa shape index (κ3) is 4.77. The molecule has 6 heteroatoms. The molecule has 0 aliphatic heterocycles. The van der Waals surface area contributed by atoms with Crippen LogP contribution in [0.15, 0.2) is 0 Å². The molecule has 92 valence electrons. The van der Waals surface area contributed by atoms with Crippen LogP contribution in [-0.2, 0) is 14.4 Å². The molecule has 0 radical (unpaired) electrons. The summed E-state index contributed by atoms with van der Waals surface area (Å²) in [6, 6.07) is 0. The lowest BCUT2D eigenvalue weighted by Crippen LogP contribution is -2.54. The molecule has 0 aliphatic rings. The molecule has 2 amide bonds. The lowest BCUT2D eigenvalue weighted by molar-refractivity contribution is -0.147. The van der Waals surface area contributed by atoms with Gasteiger partial charge in [0.05, 0.1) is 6.54 Å². The van der Waals surface area contributed by atoms with Crippen molar-refractivity contribution in [1.29, 1.82) is 0 Å². The molecule has 0 saturated carbocycles. The number of hydrogen-bond donors (Lipinski definition) is 3. The van der Waals surface area contributed by atoms with Crippen LogP contribution in [0.4, 0.5) is 0 Å². The molecule has 1 atom stereocenters. The maximum absolute atomic E-state index is 11.4. The van der Waals surface area contributed by atoms with Gasteiger partial charge in [0.25, 0.3) is 0 Å². The molecule has 6 nitrogen and oxygen atoms in total. The maximum atomic E-state index is 11.4. The average Bonchev–Trinajstić information content (AvgIpc) is 2.14. The first kappa shape index (κ1) is 14.4. The highest BCUT2D eigenvalue weighted by Crippen LogP contribution is 2.12. The van der Waals surface area contributed by atoms with E-state index in [9.17, 15) is 14.4 Å². The molecule has 0 heterocycles. The topological polar surface area (TPSA) is 95.5 Å². The zero-order valence-corrected chi connectivity index (χ0v) is 9.79. The minimum atomic E-state index is -1.27. The Hall–Kier alpha value is -1.59. The number of rotatable bonds is 6. The molecule has 16 heavy (non-hydrogen) atoms. The van der Waals surface area contributed by atoms with Crippen molar-refractivity contribution >= 4 is 17.8 Å². The maximum Gasteiger partial charge on any atom is 0.329 e. The average molecular weight is 230 g/mol. The Balaban J connectivity index is 4.35. The Morgan fingerprint density at radius 2 is 1.88 bits per heavy atom. The van der Waals surface area contributed by atoms with Crippen LogP contribution < -0.4 is 10.6 Å². The zero-order chi connectivity index (χ0) is 12.8. The van der Waals surface area contributed by atoms with E-state index in [0.717, 1.165) is 0 Å². The quantitative estimate of drug-likeness (QED) is 0.593. The third-order valence-corrected chi connectivity index (χ3v) is 2.14. The lowest BCUT2D eigenvalue weighted by Gasteiger charge is -2.25. The van der Waals surface area contributed by atoms with Crippen LogP contribution in [0.3, 0.4) is 0 Å². The van der Waals surface area contributed by atoms with Crippen molar-refractivity contribution < 1.29 is 19.5 Å². The fourth-order valence-corrected chi connectivity index (χ4v) is 1.28. The lowest BCUT2D eigenvalue weighted by atomic mass is 9.96. The van der Waals surface area contributed by atoms with Gasteiger partial charge in [0.1, 0.15) is 5.54 Å². The number of nitrogens with one attached hydrogen (secondary N) is 2. The SMILES string of the molecule is CCCC(C)(NC(=O)CNC(C)=O)C(=O)O. The van der Waals surface area contributed by atoms with E-state index in [1.807, 2.05) is 6.92 Å². The number of carboxylic acid groups (broad SMARTS) is 1. The van der Waals surface area contributed by atoms with E-state index in [0.29, 0.717) is 12.8 Å². The van der Waals surface area contributed by atoms with E-state index in [4.69, 9.17) is 5.11 Å². The highest BCUT2D eigenvalue weighted by molar-refractivity contribution is 5.89. The number of aliphatic carboxylic acids is 1. The van der Waals surface area contributed by atoms with Gasteiger partial charge >= 0.3 is 5.97 Å². The summed E-state index contributed by atoms with van der Waals surface area (Å²) in [5, 5.41) is 13.7. The molecule has 0 fully saturated rings. The molecule has 0 spiro atoms. The summed E-state index contributed by atoms with van der Waals surface area (Å²) in [7, 11) is 0. The Morgan fingerprint density at radius 3 is 2.25 bits per heavy atom. The van der Waals surface area contributed by atoms with Crippen molar-refractivity contribution in [3.05, 3.63) is 0 Å². The van der Waals surface area contributed by atoms with E-state index in [-0.39, 0.29) is 12.5 Å². The van der Waals surface area contributed by atoms with Crippen LogP contribution in [0.1, 0.15) is 33.6 Å². The molecule has 0 saturated heterocycles. The van der Waals surface area contributed by atoms with Gasteiger partial charge in [-0.3, -0.25) is 9.59 Å². The largest absolute Gasteiger partial charge is 0.480 e. The summed E-state index contributed by atoms with van der Waals surface area (Å²) in [6.07, 6.45) is 0.983. The molecule has 1 unspecified atom stereocenters. The van der Waals surface area contributed by atoms with Crippen molar-refractivity contribution in [1.82, 2.24) is 10.6 Å². The Bertz CT molecular complexity index is 291. The normalized spacial score (nSPS) is 13.7. The predicted octanol–water partition coefficient (Wildman–Crippen LogP) is -0.118. The van der Waals surface area contributed by atoms with Crippen molar-refractivity contribution in [3.63, 3.8) is 0 Å². The molecule has 0 bridgehead atoms. The Kier molecular flexibility index (Phi) is 5.49. The van der Waals surface area contributed by atoms with E-state index in [2.05, 4.69) is 10.6 Å². The summed E-state index contributed by atoms with van der Waals surface area (Å²) < 4.78 is 0. The van der Waals surface area contributed by atoms with Gasteiger partial charge in [-0.1, -0.05) is 13.3 Å². The summed E-state index contributed by atoms with van der Waals surface area (Å²) in [5.41, 5.74) is -1.27. The Morgan fingerprint density at radius 1 is 1.31 bits per heavy atom. The summed E-state index contributed by atoms with van der Waals surface area (Å²) >= 11 is 0. The van der Waals surface area contributed by atoms with Gasteiger partial charge in [-0.05, 0) is 13.3 Å². The number of carbonyl (C=O) groups is 3. The second-order valence-electron chi connectivity index (χ2n) is 3.85. The van der Waals surface area contributed by atoms with Crippen LogP contribution in [0.25, 0.3) is 0 Å². The molecule has 0 aromatic rings. The third-order valence-electron chi connectivity index (χ3n) is 2.14. The first-order valence-electron chi connectivity index (χ1n) is 5.10. The second-order valence-corrected chi connectivity index (χ2v) is 3.85. The van der Waals surface area contributed by atoms with Gasteiger partial charge in [0.2, 0.25) is 11.8 Å². The molecule has 0 aromatic carbocycles. The van der Waals surface area contributed by atoms with Gasteiger partial charge in [-0.2, -0.15) is 0 Å². The van der Waals surface area contributed by atoms with Gasteiger partial charge in [-0.25, -0.2) is 4.79 Å². The molecular weight excluding hydrogens is 212 g/mol. The summed E-state index contributed by atoms with van der Waals surface area (Å²) in [5.74, 6) is -1.92. The fraction of sp³-hybridized carbons (Fsp3) is 0.700. The van der Waals surface area contributed by atoms with Crippen molar-refractivity contribution in [2.75, 3.05) is 6.54 Å². The number of carbonyl (C=O) groups excluding carboxylic acids is 2. The van der Waals surface area contributed by atoms with Crippen LogP contribution >= 0.6 is 0 Å². The highest BCUT2D eigenvalue weighted by atomic mass is 16.4. The van der Waals surface area contributed by atoms with Crippen LogP contribution in [0.5, 0.6) is 0 Å². The molecular formula is C10H18N2O4. The van der Waals surface area contributed by atoms with Gasteiger partial charge in [0.15, 0.2) is 0 Å². The molecule has 0 aromatic heterocycles. The highest BCUT2D eigenvalue weighted by Gasteiger charge is 2.33. The second kappa shape index (κ2) is 6.09. The fourth-order valence-electron chi connectivity index (χ4n) is 1.28. The Labute approximate surface area is 94.4 Å². The summed E-state index contributed by atoms with van der Waals surface area (Å²) in [6.45, 7) is 4.36. The first-order chi connectivity index (χ1) is 7.31. The number of carboxylic acids is 1.